The van der Waals surface area contributed by atoms with E-state index < -0.39 is 17.6 Å². The summed E-state index contributed by atoms with van der Waals surface area (Å²) in [4.78, 5) is 18.4. The number of hydrogen-bond acceptors (Lipinski definition) is 6. The smallest absolute Gasteiger partial charge is 0.433 e. The van der Waals surface area contributed by atoms with Gasteiger partial charge in [0.25, 0.3) is 0 Å². The monoisotopic (exact) mass is 337 g/mol. The van der Waals surface area contributed by atoms with Crippen LogP contribution < -0.4 is 5.73 Å². The lowest BCUT2D eigenvalue weighted by Crippen LogP contribution is -2.07. The highest BCUT2D eigenvalue weighted by molar-refractivity contribution is 5.96. The molecule has 3 N–H and O–H groups in total. The number of aldehydes is 1. The molecule has 124 valence electrons. The number of nitrogens with two attached hydrogens (primary N) is 1. The topological polar surface area (TPSA) is 102 Å². The third-order valence-corrected chi connectivity index (χ3v) is 3.38. The Kier molecular flexibility index (Phi) is 3.72. The number of phenolic OH excluding ortho intramolecular Hbond substituents is 1. The molecular formula is C15H10F3N3O3. The third-order valence-electron chi connectivity index (χ3n) is 3.38. The van der Waals surface area contributed by atoms with Crippen molar-refractivity contribution in [3.8, 4) is 17.2 Å². The average Bonchev–Trinajstić information content (AvgIpc) is 2.97. The van der Waals surface area contributed by atoms with E-state index in [4.69, 9.17) is 10.2 Å². The van der Waals surface area contributed by atoms with E-state index in [-0.39, 0.29) is 40.4 Å². The molecule has 0 bridgehead atoms. The van der Waals surface area contributed by atoms with Gasteiger partial charge in [0.15, 0.2) is 6.29 Å². The number of fused-ring (bicyclic) bond motifs is 1. The second-order valence-electron chi connectivity index (χ2n) is 4.87. The normalized spacial score (nSPS) is 11.8. The molecule has 0 amide bonds. The van der Waals surface area contributed by atoms with Crippen molar-refractivity contribution in [2.24, 2.45) is 5.73 Å². The number of hydrogen-bond donors (Lipinski definition) is 2. The highest BCUT2D eigenvalue weighted by Gasteiger charge is 2.33. The Hall–Kier alpha value is -2.94. The number of carbonyl (C=O) groups is 1. The van der Waals surface area contributed by atoms with Crippen molar-refractivity contribution in [1.29, 1.82) is 0 Å². The van der Waals surface area contributed by atoms with Crippen LogP contribution in [0.2, 0.25) is 0 Å². The van der Waals surface area contributed by atoms with E-state index in [9.17, 15) is 23.1 Å². The highest BCUT2D eigenvalue weighted by Crippen LogP contribution is 2.36. The Balaban J connectivity index is 2.25. The number of halogens is 3. The van der Waals surface area contributed by atoms with Crippen LogP contribution in [0.3, 0.4) is 0 Å². The SMILES string of the molecule is NCc1oc(-c2ccc(O)c3nc(C(F)(F)F)ccc23)nc1C=O. The quantitative estimate of drug-likeness (QED) is 0.713. The van der Waals surface area contributed by atoms with Crippen LogP contribution in [0.25, 0.3) is 22.4 Å². The molecule has 0 aliphatic heterocycles. The second-order valence-corrected chi connectivity index (χ2v) is 4.87. The summed E-state index contributed by atoms with van der Waals surface area (Å²) in [7, 11) is 0. The fourth-order valence-corrected chi connectivity index (χ4v) is 2.26. The molecule has 2 heterocycles. The van der Waals surface area contributed by atoms with Crippen molar-refractivity contribution < 1.29 is 27.5 Å². The van der Waals surface area contributed by atoms with E-state index in [1.54, 1.807) is 0 Å². The fourth-order valence-electron chi connectivity index (χ4n) is 2.26. The first-order valence-corrected chi connectivity index (χ1v) is 6.70. The van der Waals surface area contributed by atoms with Crippen molar-refractivity contribution in [3.63, 3.8) is 0 Å². The summed E-state index contributed by atoms with van der Waals surface area (Å²) in [5.74, 6) is -0.258. The molecule has 0 aliphatic carbocycles. The average molecular weight is 337 g/mol. The fraction of sp³-hybridized carbons (Fsp3) is 0.133. The van der Waals surface area contributed by atoms with Gasteiger partial charge in [0.05, 0.1) is 6.54 Å². The summed E-state index contributed by atoms with van der Waals surface area (Å²) in [6.45, 7) is -0.0619. The van der Waals surface area contributed by atoms with E-state index in [0.717, 1.165) is 12.1 Å². The molecule has 6 nitrogen and oxygen atoms in total. The number of carbonyl (C=O) groups excluding carboxylic acids is 1. The maximum atomic E-state index is 12.8. The summed E-state index contributed by atoms with van der Waals surface area (Å²) in [5, 5.41) is 10.0. The van der Waals surface area contributed by atoms with Crippen LogP contribution in [0.1, 0.15) is 21.9 Å². The lowest BCUT2D eigenvalue weighted by atomic mass is 10.1. The number of nitrogens with zero attached hydrogens (tertiary/aromatic N) is 2. The molecular weight excluding hydrogens is 327 g/mol. The molecule has 1 aromatic carbocycles. The van der Waals surface area contributed by atoms with Gasteiger partial charge in [-0.25, -0.2) is 9.97 Å². The number of benzene rings is 1. The molecule has 3 aromatic rings. The Morgan fingerprint density at radius 2 is 1.96 bits per heavy atom. The molecule has 0 unspecified atom stereocenters. The highest BCUT2D eigenvalue weighted by atomic mass is 19.4. The first-order valence-electron chi connectivity index (χ1n) is 6.70. The van der Waals surface area contributed by atoms with Crippen molar-refractivity contribution in [2.75, 3.05) is 0 Å². The van der Waals surface area contributed by atoms with Crippen LogP contribution in [0.4, 0.5) is 13.2 Å². The molecule has 0 aliphatic rings. The van der Waals surface area contributed by atoms with Crippen molar-refractivity contribution in [2.45, 2.75) is 12.7 Å². The number of rotatable bonds is 3. The minimum Gasteiger partial charge on any atom is -0.506 e. The minimum absolute atomic E-state index is 0.00380. The summed E-state index contributed by atoms with van der Waals surface area (Å²) in [5.41, 5.74) is 4.36. The molecule has 2 aromatic heterocycles. The molecule has 0 fully saturated rings. The molecule has 3 rings (SSSR count). The predicted octanol–water partition coefficient (Wildman–Crippen LogP) is 2.89. The molecule has 0 spiro atoms. The lowest BCUT2D eigenvalue weighted by Gasteiger charge is -2.09. The van der Waals surface area contributed by atoms with Crippen LogP contribution in [0.5, 0.6) is 5.75 Å². The Bertz CT molecular complexity index is 935. The lowest BCUT2D eigenvalue weighted by molar-refractivity contribution is -0.140. The molecule has 0 atom stereocenters. The van der Waals surface area contributed by atoms with Gasteiger partial charge in [-0.15, -0.1) is 0 Å². The maximum absolute atomic E-state index is 12.8. The van der Waals surface area contributed by atoms with Crippen molar-refractivity contribution in [1.82, 2.24) is 9.97 Å². The van der Waals surface area contributed by atoms with Gasteiger partial charge < -0.3 is 15.3 Å². The van der Waals surface area contributed by atoms with Gasteiger partial charge >= 0.3 is 6.18 Å². The molecule has 0 saturated carbocycles. The van der Waals surface area contributed by atoms with E-state index in [0.29, 0.717) is 6.29 Å². The van der Waals surface area contributed by atoms with Crippen LogP contribution in [-0.4, -0.2) is 21.4 Å². The third kappa shape index (κ3) is 2.58. The molecule has 0 saturated heterocycles. The van der Waals surface area contributed by atoms with Crippen LogP contribution in [0, 0.1) is 0 Å². The first kappa shape index (κ1) is 15.9. The van der Waals surface area contributed by atoms with Gasteiger partial charge in [0, 0.05) is 10.9 Å². The van der Waals surface area contributed by atoms with Gasteiger partial charge in [0.2, 0.25) is 5.89 Å². The Labute approximate surface area is 132 Å². The van der Waals surface area contributed by atoms with Gasteiger partial charge in [-0.3, -0.25) is 4.79 Å². The van der Waals surface area contributed by atoms with Gasteiger partial charge in [-0.05, 0) is 24.3 Å². The van der Waals surface area contributed by atoms with Crippen LogP contribution in [-0.2, 0) is 12.7 Å². The first-order chi connectivity index (χ1) is 11.3. The van der Waals surface area contributed by atoms with E-state index in [1.165, 1.54) is 12.1 Å². The molecule has 0 radical (unpaired) electrons. The van der Waals surface area contributed by atoms with E-state index in [1.807, 2.05) is 0 Å². The molecule has 9 heteroatoms. The summed E-state index contributed by atoms with van der Waals surface area (Å²) in [6, 6.07) is 4.54. The standard InChI is InChI=1S/C15H10F3N3O3/c16-15(17,18)12-4-2-7-8(1-3-10(23)13(7)21-12)14-20-9(6-22)11(5-19)24-14/h1-4,6,23H,5,19H2. The predicted molar refractivity (Wildman–Crippen MR) is 77.2 cm³/mol. The Morgan fingerprint density at radius 3 is 2.54 bits per heavy atom. The number of oxazole rings is 1. The Morgan fingerprint density at radius 1 is 1.21 bits per heavy atom. The van der Waals surface area contributed by atoms with E-state index >= 15 is 0 Å². The zero-order valence-corrected chi connectivity index (χ0v) is 12.0. The van der Waals surface area contributed by atoms with Crippen LogP contribution >= 0.6 is 0 Å². The van der Waals surface area contributed by atoms with Gasteiger partial charge in [-0.1, -0.05) is 0 Å². The summed E-state index contributed by atoms with van der Waals surface area (Å²) in [6.07, 6.45) is -4.17. The van der Waals surface area contributed by atoms with E-state index in [2.05, 4.69) is 9.97 Å². The zero-order valence-electron chi connectivity index (χ0n) is 12.0. The van der Waals surface area contributed by atoms with Crippen LogP contribution in [0.15, 0.2) is 28.7 Å². The van der Waals surface area contributed by atoms with Gasteiger partial charge in [0.1, 0.15) is 28.4 Å². The summed E-state index contributed by atoms with van der Waals surface area (Å²) < 4.78 is 43.8. The van der Waals surface area contributed by atoms with Crippen molar-refractivity contribution in [3.05, 3.63) is 41.4 Å². The number of aromatic hydroxyl groups is 1. The second kappa shape index (κ2) is 5.60. The molecule has 24 heavy (non-hydrogen) atoms. The number of pyridine rings is 1. The van der Waals surface area contributed by atoms with Gasteiger partial charge in [-0.2, -0.15) is 13.2 Å². The number of aromatic nitrogens is 2. The largest absolute Gasteiger partial charge is 0.506 e. The summed E-state index contributed by atoms with van der Waals surface area (Å²) >= 11 is 0. The maximum Gasteiger partial charge on any atom is 0.433 e. The van der Waals surface area contributed by atoms with Crippen molar-refractivity contribution >= 4 is 17.2 Å². The number of alkyl halides is 3. The minimum atomic E-state index is -4.64. The zero-order chi connectivity index (χ0) is 17.5. The number of phenols is 1.